The van der Waals surface area contributed by atoms with Crippen LogP contribution in [-0.4, -0.2) is 13.0 Å². The van der Waals surface area contributed by atoms with E-state index in [1.165, 1.54) is 9.75 Å². The molecule has 1 unspecified atom stereocenters. The monoisotopic (exact) mass is 304 g/mol. The number of benzene rings is 1. The first kappa shape index (κ1) is 15.4. The summed E-state index contributed by atoms with van der Waals surface area (Å²) >= 11 is 1.74. The second kappa shape index (κ2) is 6.18. The average Bonchev–Trinajstić information content (AvgIpc) is 2.77. The number of nitrogens with two attached hydrogens (primary N) is 1. The van der Waals surface area contributed by atoms with Crippen molar-refractivity contribution in [3.63, 3.8) is 0 Å². The first-order chi connectivity index (χ1) is 9.92. The largest absolute Gasteiger partial charge is 0.497 e. The van der Waals surface area contributed by atoms with Crippen LogP contribution in [0.1, 0.15) is 38.6 Å². The highest BCUT2D eigenvalue weighted by molar-refractivity contribution is 7.12. The Morgan fingerprint density at radius 3 is 2.57 bits per heavy atom. The molecule has 0 saturated heterocycles. The van der Waals surface area contributed by atoms with E-state index < -0.39 is 0 Å². The maximum atomic E-state index is 12.3. The summed E-state index contributed by atoms with van der Waals surface area (Å²) in [6, 6.07) is 7.13. The molecule has 4 nitrogen and oxygen atoms in total. The zero-order valence-electron chi connectivity index (χ0n) is 12.7. The van der Waals surface area contributed by atoms with Gasteiger partial charge in [0.1, 0.15) is 5.75 Å². The fourth-order valence-corrected chi connectivity index (χ4v) is 3.33. The topological polar surface area (TPSA) is 64.3 Å². The van der Waals surface area contributed by atoms with Crippen molar-refractivity contribution >= 4 is 22.9 Å². The number of rotatable bonds is 4. The number of aryl methyl sites for hydroxylation is 2. The SMILES string of the molecule is COc1ccc(C(=O)NC(C)c2cc(C)sc2C)c(N)c1. The van der Waals surface area contributed by atoms with Gasteiger partial charge in [-0.05, 0) is 44.5 Å². The van der Waals surface area contributed by atoms with Crippen molar-refractivity contribution in [3.8, 4) is 5.75 Å². The molecule has 1 aromatic carbocycles. The number of carbonyl (C=O) groups is 1. The highest BCUT2D eigenvalue weighted by atomic mass is 32.1. The molecule has 2 aromatic rings. The molecule has 112 valence electrons. The highest BCUT2D eigenvalue weighted by Gasteiger charge is 2.16. The number of nitrogens with one attached hydrogen (secondary N) is 1. The van der Waals surface area contributed by atoms with E-state index in [-0.39, 0.29) is 11.9 Å². The number of nitrogen functional groups attached to an aromatic ring is 1. The van der Waals surface area contributed by atoms with Crippen molar-refractivity contribution < 1.29 is 9.53 Å². The molecule has 2 rings (SSSR count). The van der Waals surface area contributed by atoms with E-state index in [2.05, 4.69) is 25.2 Å². The number of methoxy groups -OCH3 is 1. The summed E-state index contributed by atoms with van der Waals surface area (Å²) in [6.07, 6.45) is 0. The third-order valence-electron chi connectivity index (χ3n) is 3.40. The molecule has 1 atom stereocenters. The third kappa shape index (κ3) is 3.36. The fraction of sp³-hybridized carbons (Fsp3) is 0.312. The van der Waals surface area contributed by atoms with Gasteiger partial charge in [-0.25, -0.2) is 0 Å². The molecule has 0 bridgehead atoms. The first-order valence-corrected chi connectivity index (χ1v) is 7.55. The Labute approximate surface area is 128 Å². The van der Waals surface area contributed by atoms with Gasteiger partial charge in [0.25, 0.3) is 5.91 Å². The van der Waals surface area contributed by atoms with Crippen LogP contribution in [0.2, 0.25) is 0 Å². The van der Waals surface area contributed by atoms with Crippen molar-refractivity contribution in [1.82, 2.24) is 5.32 Å². The van der Waals surface area contributed by atoms with E-state index in [0.29, 0.717) is 17.0 Å². The average molecular weight is 304 g/mol. The molecule has 3 N–H and O–H groups in total. The van der Waals surface area contributed by atoms with Crippen LogP contribution in [0.5, 0.6) is 5.75 Å². The van der Waals surface area contributed by atoms with Crippen molar-refractivity contribution in [2.24, 2.45) is 0 Å². The maximum Gasteiger partial charge on any atom is 0.253 e. The van der Waals surface area contributed by atoms with Gasteiger partial charge in [0, 0.05) is 21.5 Å². The van der Waals surface area contributed by atoms with E-state index >= 15 is 0 Å². The smallest absolute Gasteiger partial charge is 0.253 e. The Hall–Kier alpha value is -2.01. The summed E-state index contributed by atoms with van der Waals surface area (Å²) in [5.41, 5.74) is 7.94. The predicted octanol–water partition coefficient (Wildman–Crippen LogP) is 3.45. The van der Waals surface area contributed by atoms with Gasteiger partial charge in [0.2, 0.25) is 0 Å². The van der Waals surface area contributed by atoms with Crippen LogP contribution in [-0.2, 0) is 0 Å². The van der Waals surface area contributed by atoms with E-state index in [9.17, 15) is 4.79 Å². The number of ether oxygens (including phenoxy) is 1. The van der Waals surface area contributed by atoms with Crippen LogP contribution < -0.4 is 15.8 Å². The Morgan fingerprint density at radius 1 is 1.33 bits per heavy atom. The second-order valence-corrected chi connectivity index (χ2v) is 6.48. The van der Waals surface area contributed by atoms with Gasteiger partial charge in [0.05, 0.1) is 18.7 Å². The molecular formula is C16H20N2O2S. The van der Waals surface area contributed by atoms with E-state index in [1.807, 2.05) is 6.92 Å². The molecule has 5 heteroatoms. The number of hydrogen-bond donors (Lipinski definition) is 2. The van der Waals surface area contributed by atoms with Gasteiger partial charge >= 0.3 is 0 Å². The normalized spacial score (nSPS) is 12.0. The summed E-state index contributed by atoms with van der Waals surface area (Å²) < 4.78 is 5.09. The van der Waals surface area contributed by atoms with Crippen LogP contribution in [0.4, 0.5) is 5.69 Å². The molecule has 0 fully saturated rings. The zero-order chi connectivity index (χ0) is 15.6. The summed E-state index contributed by atoms with van der Waals surface area (Å²) in [7, 11) is 1.57. The number of anilines is 1. The molecule has 1 amide bonds. The minimum absolute atomic E-state index is 0.0519. The lowest BCUT2D eigenvalue weighted by Gasteiger charge is -2.15. The van der Waals surface area contributed by atoms with Gasteiger partial charge in [-0.3, -0.25) is 4.79 Å². The predicted molar refractivity (Wildman–Crippen MR) is 87.1 cm³/mol. The Morgan fingerprint density at radius 2 is 2.05 bits per heavy atom. The summed E-state index contributed by atoms with van der Waals surface area (Å²) in [5, 5.41) is 2.99. The molecule has 0 spiro atoms. The van der Waals surface area contributed by atoms with Crippen molar-refractivity contribution in [2.45, 2.75) is 26.8 Å². The quantitative estimate of drug-likeness (QED) is 0.850. The maximum absolute atomic E-state index is 12.3. The third-order valence-corrected chi connectivity index (χ3v) is 4.38. The first-order valence-electron chi connectivity index (χ1n) is 6.73. The summed E-state index contributed by atoms with van der Waals surface area (Å²) in [5.74, 6) is 0.465. The minimum Gasteiger partial charge on any atom is -0.497 e. The van der Waals surface area contributed by atoms with Crippen LogP contribution in [0.3, 0.4) is 0 Å². The van der Waals surface area contributed by atoms with Crippen LogP contribution in [0.15, 0.2) is 24.3 Å². The standard InChI is InChI=1S/C16H20N2O2S/c1-9-7-14(11(3)21-9)10(2)18-16(19)13-6-5-12(20-4)8-15(13)17/h5-8,10H,17H2,1-4H3,(H,18,19). The van der Waals surface area contributed by atoms with Gasteiger partial charge in [-0.15, -0.1) is 11.3 Å². The van der Waals surface area contributed by atoms with Crippen LogP contribution in [0.25, 0.3) is 0 Å². The fourth-order valence-electron chi connectivity index (χ4n) is 2.31. The number of hydrogen-bond acceptors (Lipinski definition) is 4. The van der Waals surface area contributed by atoms with Gasteiger partial charge in [-0.1, -0.05) is 0 Å². The molecule has 0 aliphatic rings. The van der Waals surface area contributed by atoms with Gasteiger partial charge in [-0.2, -0.15) is 0 Å². The Balaban J connectivity index is 2.16. The molecule has 21 heavy (non-hydrogen) atoms. The van der Waals surface area contributed by atoms with E-state index in [4.69, 9.17) is 10.5 Å². The van der Waals surface area contributed by atoms with Gasteiger partial charge < -0.3 is 15.8 Å². The number of carbonyl (C=O) groups excluding carboxylic acids is 1. The molecule has 1 aromatic heterocycles. The molecule has 0 aliphatic carbocycles. The van der Waals surface area contributed by atoms with Gasteiger partial charge in [0.15, 0.2) is 0 Å². The Bertz CT molecular complexity index is 664. The number of amides is 1. The Kier molecular flexibility index (Phi) is 4.53. The second-order valence-electron chi connectivity index (χ2n) is 5.02. The lowest BCUT2D eigenvalue weighted by Crippen LogP contribution is -2.27. The lowest BCUT2D eigenvalue weighted by molar-refractivity contribution is 0.0941. The molecule has 0 aliphatic heterocycles. The number of thiophene rings is 1. The van der Waals surface area contributed by atoms with Crippen molar-refractivity contribution in [1.29, 1.82) is 0 Å². The molecule has 0 saturated carbocycles. The zero-order valence-corrected chi connectivity index (χ0v) is 13.5. The minimum atomic E-state index is -0.175. The lowest BCUT2D eigenvalue weighted by atomic mass is 10.1. The summed E-state index contributed by atoms with van der Waals surface area (Å²) in [4.78, 5) is 14.8. The van der Waals surface area contributed by atoms with E-state index in [0.717, 1.165) is 5.56 Å². The summed E-state index contributed by atoms with van der Waals surface area (Å²) in [6.45, 7) is 6.11. The van der Waals surface area contributed by atoms with E-state index in [1.54, 1.807) is 36.6 Å². The molecular weight excluding hydrogens is 284 g/mol. The molecule has 1 heterocycles. The van der Waals surface area contributed by atoms with Crippen molar-refractivity contribution in [3.05, 3.63) is 45.1 Å². The van der Waals surface area contributed by atoms with Crippen LogP contribution >= 0.6 is 11.3 Å². The molecule has 0 radical (unpaired) electrons. The van der Waals surface area contributed by atoms with Crippen LogP contribution in [0, 0.1) is 13.8 Å². The van der Waals surface area contributed by atoms with Crippen molar-refractivity contribution in [2.75, 3.05) is 12.8 Å². The highest BCUT2D eigenvalue weighted by Crippen LogP contribution is 2.27.